The lowest BCUT2D eigenvalue weighted by atomic mass is 9.60. The minimum Gasteiger partial charge on any atom is -0.444 e. The first-order valence-electron chi connectivity index (χ1n) is 7.09. The number of amides is 1. The number of hydrogen-bond donors (Lipinski definition) is 1. The first-order valence-corrected chi connectivity index (χ1v) is 7.09. The molecule has 0 bridgehead atoms. The molecule has 102 valence electrons. The van der Waals surface area contributed by atoms with Crippen molar-refractivity contribution in [3.63, 3.8) is 0 Å². The second-order valence-electron chi connectivity index (χ2n) is 7.39. The number of carbonyl (C=O) groups is 1. The molecule has 4 heteroatoms. The third kappa shape index (κ3) is 2.48. The lowest BCUT2D eigenvalue weighted by Crippen LogP contribution is -2.67. The zero-order valence-electron chi connectivity index (χ0n) is 11.7. The Labute approximate surface area is 109 Å². The molecular formula is C14H24N2O2. The van der Waals surface area contributed by atoms with Gasteiger partial charge in [-0.2, -0.15) is 0 Å². The Morgan fingerprint density at radius 3 is 2.39 bits per heavy atom. The van der Waals surface area contributed by atoms with E-state index in [2.05, 4.69) is 10.2 Å². The summed E-state index contributed by atoms with van der Waals surface area (Å²) in [6, 6.07) is 1.23. The van der Waals surface area contributed by atoms with Gasteiger partial charge in [0, 0.05) is 25.2 Å². The van der Waals surface area contributed by atoms with Crippen LogP contribution in [0.5, 0.6) is 0 Å². The molecule has 2 aliphatic carbocycles. The lowest BCUT2D eigenvalue weighted by Gasteiger charge is -2.59. The molecule has 3 fully saturated rings. The highest BCUT2D eigenvalue weighted by Gasteiger charge is 2.55. The van der Waals surface area contributed by atoms with Gasteiger partial charge in [-0.3, -0.25) is 4.90 Å². The molecule has 0 radical (unpaired) electrons. The van der Waals surface area contributed by atoms with Crippen LogP contribution in [-0.4, -0.2) is 41.8 Å². The average Bonchev–Trinajstić information content (AvgIpc) is 2.86. The van der Waals surface area contributed by atoms with Crippen LogP contribution in [0.3, 0.4) is 0 Å². The molecular weight excluding hydrogens is 228 g/mol. The summed E-state index contributed by atoms with van der Waals surface area (Å²) in [6.07, 6.45) is 4.80. The van der Waals surface area contributed by atoms with E-state index in [4.69, 9.17) is 4.74 Å². The molecule has 1 aliphatic heterocycles. The number of rotatable bonds is 2. The normalized spacial score (nSPS) is 27.5. The van der Waals surface area contributed by atoms with Crippen molar-refractivity contribution in [2.75, 3.05) is 13.1 Å². The van der Waals surface area contributed by atoms with E-state index in [0.29, 0.717) is 11.5 Å². The molecule has 0 aromatic heterocycles. The Hall–Kier alpha value is -0.770. The van der Waals surface area contributed by atoms with Crippen LogP contribution in [0.4, 0.5) is 4.79 Å². The molecule has 1 saturated heterocycles. The molecule has 1 heterocycles. The van der Waals surface area contributed by atoms with Crippen molar-refractivity contribution in [3.8, 4) is 0 Å². The van der Waals surface area contributed by atoms with Gasteiger partial charge in [0.15, 0.2) is 0 Å². The van der Waals surface area contributed by atoms with Crippen LogP contribution >= 0.6 is 0 Å². The first-order chi connectivity index (χ1) is 8.35. The highest BCUT2D eigenvalue weighted by molar-refractivity contribution is 5.68. The number of likely N-dealkylation sites (tertiary alicyclic amines) is 1. The van der Waals surface area contributed by atoms with Crippen molar-refractivity contribution < 1.29 is 9.53 Å². The largest absolute Gasteiger partial charge is 0.444 e. The van der Waals surface area contributed by atoms with E-state index < -0.39 is 5.60 Å². The number of ether oxygens (including phenoxy) is 1. The van der Waals surface area contributed by atoms with Gasteiger partial charge in [-0.25, -0.2) is 4.79 Å². The van der Waals surface area contributed by atoms with E-state index in [0.717, 1.165) is 18.9 Å². The monoisotopic (exact) mass is 252 g/mol. The minimum atomic E-state index is -0.398. The molecule has 0 aromatic carbocycles. The van der Waals surface area contributed by atoms with E-state index in [1.54, 1.807) is 0 Å². The summed E-state index contributed by atoms with van der Waals surface area (Å²) in [7, 11) is 0. The second kappa shape index (κ2) is 3.86. The summed E-state index contributed by atoms with van der Waals surface area (Å²) >= 11 is 0. The third-order valence-corrected chi connectivity index (χ3v) is 4.22. The van der Waals surface area contributed by atoms with E-state index in [1.807, 2.05) is 20.8 Å². The highest BCUT2D eigenvalue weighted by atomic mass is 16.6. The molecule has 1 spiro atoms. The van der Waals surface area contributed by atoms with Crippen LogP contribution in [0.25, 0.3) is 0 Å². The Morgan fingerprint density at radius 2 is 1.89 bits per heavy atom. The molecule has 4 nitrogen and oxygen atoms in total. The zero-order valence-corrected chi connectivity index (χ0v) is 11.7. The Bertz CT molecular complexity index is 343. The standard InChI is InChI=1S/C14H24N2O2/c1-13(2,3)18-12(17)15-10-6-14(7-10)8-16(9-14)11-4-5-11/h10-11H,4-9H2,1-3H3,(H,15,17). The predicted octanol–water partition coefficient (Wildman–Crippen LogP) is 2.14. The van der Waals surface area contributed by atoms with Crippen LogP contribution in [-0.2, 0) is 4.74 Å². The third-order valence-electron chi connectivity index (χ3n) is 4.22. The van der Waals surface area contributed by atoms with Crippen molar-refractivity contribution in [2.45, 2.75) is 64.1 Å². The van der Waals surface area contributed by atoms with E-state index >= 15 is 0 Å². The maximum absolute atomic E-state index is 11.6. The second-order valence-corrected chi connectivity index (χ2v) is 7.39. The molecule has 1 amide bonds. The van der Waals surface area contributed by atoms with Gasteiger partial charge in [-0.1, -0.05) is 0 Å². The van der Waals surface area contributed by atoms with Crippen molar-refractivity contribution in [1.29, 1.82) is 0 Å². The van der Waals surface area contributed by atoms with E-state index in [-0.39, 0.29) is 6.09 Å². The van der Waals surface area contributed by atoms with Crippen LogP contribution in [0.2, 0.25) is 0 Å². The Morgan fingerprint density at radius 1 is 1.28 bits per heavy atom. The summed E-state index contributed by atoms with van der Waals surface area (Å²) < 4.78 is 5.27. The molecule has 0 aromatic rings. The number of nitrogens with zero attached hydrogens (tertiary/aromatic N) is 1. The fourth-order valence-electron chi connectivity index (χ4n) is 3.33. The predicted molar refractivity (Wildman–Crippen MR) is 69.4 cm³/mol. The Balaban J connectivity index is 1.37. The number of carbonyl (C=O) groups excluding carboxylic acids is 1. The zero-order chi connectivity index (χ0) is 13.0. The summed E-state index contributed by atoms with van der Waals surface area (Å²) in [4.78, 5) is 14.2. The van der Waals surface area contributed by atoms with Crippen molar-refractivity contribution in [1.82, 2.24) is 10.2 Å². The summed E-state index contributed by atoms with van der Waals surface area (Å²) in [5, 5.41) is 2.98. The van der Waals surface area contributed by atoms with Gasteiger partial charge in [-0.15, -0.1) is 0 Å². The number of alkyl carbamates (subject to hydrolysis) is 1. The molecule has 3 aliphatic rings. The SMILES string of the molecule is CC(C)(C)OC(=O)NC1CC2(C1)CN(C1CC1)C2. The summed E-state index contributed by atoms with van der Waals surface area (Å²) in [5.74, 6) is 0. The van der Waals surface area contributed by atoms with E-state index in [1.165, 1.54) is 25.9 Å². The lowest BCUT2D eigenvalue weighted by molar-refractivity contribution is -0.0831. The molecule has 1 N–H and O–H groups in total. The Kier molecular flexibility index (Phi) is 2.63. The fourth-order valence-corrected chi connectivity index (χ4v) is 3.33. The fraction of sp³-hybridized carbons (Fsp3) is 0.929. The minimum absolute atomic E-state index is 0.263. The topological polar surface area (TPSA) is 41.6 Å². The van der Waals surface area contributed by atoms with Crippen LogP contribution < -0.4 is 5.32 Å². The van der Waals surface area contributed by atoms with Gasteiger partial charge in [0.05, 0.1) is 0 Å². The summed E-state index contributed by atoms with van der Waals surface area (Å²) in [6.45, 7) is 8.20. The average molecular weight is 252 g/mol. The number of nitrogens with one attached hydrogen (secondary N) is 1. The molecule has 2 saturated carbocycles. The van der Waals surface area contributed by atoms with Gasteiger partial charge in [0.25, 0.3) is 0 Å². The first kappa shape index (κ1) is 12.3. The quantitative estimate of drug-likeness (QED) is 0.818. The van der Waals surface area contributed by atoms with Gasteiger partial charge in [-0.05, 0) is 51.9 Å². The molecule has 0 unspecified atom stereocenters. The highest BCUT2D eigenvalue weighted by Crippen LogP contribution is 2.51. The van der Waals surface area contributed by atoms with Gasteiger partial charge >= 0.3 is 6.09 Å². The van der Waals surface area contributed by atoms with Crippen LogP contribution in [0, 0.1) is 5.41 Å². The van der Waals surface area contributed by atoms with Crippen molar-refractivity contribution >= 4 is 6.09 Å². The van der Waals surface area contributed by atoms with Crippen LogP contribution in [0.15, 0.2) is 0 Å². The smallest absolute Gasteiger partial charge is 0.407 e. The van der Waals surface area contributed by atoms with Gasteiger partial charge < -0.3 is 10.1 Å². The van der Waals surface area contributed by atoms with E-state index in [9.17, 15) is 4.79 Å². The molecule has 18 heavy (non-hydrogen) atoms. The van der Waals surface area contributed by atoms with Crippen molar-refractivity contribution in [2.24, 2.45) is 5.41 Å². The molecule has 0 atom stereocenters. The summed E-state index contributed by atoms with van der Waals surface area (Å²) in [5.41, 5.74) is 0.132. The van der Waals surface area contributed by atoms with Crippen molar-refractivity contribution in [3.05, 3.63) is 0 Å². The maximum Gasteiger partial charge on any atom is 0.407 e. The molecule has 3 rings (SSSR count). The van der Waals surface area contributed by atoms with Gasteiger partial charge in [0.1, 0.15) is 5.60 Å². The number of hydrogen-bond acceptors (Lipinski definition) is 3. The maximum atomic E-state index is 11.6. The van der Waals surface area contributed by atoms with Crippen LogP contribution in [0.1, 0.15) is 46.5 Å². The van der Waals surface area contributed by atoms with Gasteiger partial charge in [0.2, 0.25) is 0 Å².